The minimum absolute atomic E-state index is 0.0926. The molecule has 5 nitrogen and oxygen atoms in total. The molecule has 0 aromatic carbocycles. The van der Waals surface area contributed by atoms with Gasteiger partial charge in [0.1, 0.15) is 0 Å². The standard InChI is InChI=1S/C8H14N2O3/c1-5-6(8(12)13)2-3-10(5)4-7(9)11/h5-6H,2-4H2,1H3,(H2,9,11)(H,12,13)/t5-,6+/m1/s1. The van der Waals surface area contributed by atoms with Crippen molar-refractivity contribution < 1.29 is 14.7 Å². The van der Waals surface area contributed by atoms with Gasteiger partial charge in [0.25, 0.3) is 0 Å². The number of carboxylic acids is 1. The Balaban J connectivity index is 2.54. The van der Waals surface area contributed by atoms with E-state index in [0.717, 1.165) is 0 Å². The normalized spacial score (nSPS) is 29.0. The van der Waals surface area contributed by atoms with Gasteiger partial charge in [-0.3, -0.25) is 14.5 Å². The predicted octanol–water partition coefficient (Wildman–Crippen LogP) is -0.733. The molecule has 1 fully saturated rings. The van der Waals surface area contributed by atoms with Gasteiger partial charge < -0.3 is 10.8 Å². The predicted molar refractivity (Wildman–Crippen MR) is 46.0 cm³/mol. The first-order valence-electron chi connectivity index (χ1n) is 4.27. The summed E-state index contributed by atoms with van der Waals surface area (Å²) in [7, 11) is 0. The first kappa shape index (κ1) is 9.98. The van der Waals surface area contributed by atoms with Crippen LogP contribution in [-0.2, 0) is 9.59 Å². The molecule has 1 amide bonds. The van der Waals surface area contributed by atoms with Gasteiger partial charge in [0.15, 0.2) is 0 Å². The highest BCUT2D eigenvalue weighted by Crippen LogP contribution is 2.23. The summed E-state index contributed by atoms with van der Waals surface area (Å²) in [6, 6.07) is -0.0926. The van der Waals surface area contributed by atoms with E-state index in [2.05, 4.69) is 0 Å². The summed E-state index contributed by atoms with van der Waals surface area (Å²) in [6.45, 7) is 2.61. The number of carboxylic acid groups (broad SMARTS) is 1. The number of carbonyl (C=O) groups excluding carboxylic acids is 1. The second-order valence-corrected chi connectivity index (χ2v) is 3.41. The van der Waals surface area contributed by atoms with Gasteiger partial charge in [-0.2, -0.15) is 0 Å². The zero-order chi connectivity index (χ0) is 10.0. The van der Waals surface area contributed by atoms with E-state index in [1.165, 1.54) is 0 Å². The molecule has 0 saturated carbocycles. The Kier molecular flexibility index (Phi) is 2.87. The third-order valence-corrected chi connectivity index (χ3v) is 2.56. The maximum atomic E-state index is 10.7. The molecule has 0 unspecified atom stereocenters. The number of likely N-dealkylation sites (tertiary alicyclic amines) is 1. The number of rotatable bonds is 3. The Morgan fingerprint density at radius 2 is 2.23 bits per heavy atom. The zero-order valence-electron chi connectivity index (χ0n) is 7.56. The Bertz CT molecular complexity index is 229. The van der Waals surface area contributed by atoms with Crippen LogP contribution in [0.25, 0.3) is 0 Å². The highest BCUT2D eigenvalue weighted by Gasteiger charge is 2.35. The van der Waals surface area contributed by atoms with Gasteiger partial charge in [-0.15, -0.1) is 0 Å². The summed E-state index contributed by atoms with van der Waals surface area (Å²) in [5.41, 5.74) is 5.03. The van der Waals surface area contributed by atoms with Crippen LogP contribution in [-0.4, -0.2) is 41.0 Å². The molecule has 1 rings (SSSR count). The van der Waals surface area contributed by atoms with Gasteiger partial charge >= 0.3 is 5.97 Å². The summed E-state index contributed by atoms with van der Waals surface area (Å²) in [6.07, 6.45) is 0.601. The number of hydrogen-bond donors (Lipinski definition) is 2. The minimum atomic E-state index is -0.792. The lowest BCUT2D eigenvalue weighted by Gasteiger charge is -2.20. The second kappa shape index (κ2) is 3.74. The molecular formula is C8H14N2O3. The van der Waals surface area contributed by atoms with E-state index < -0.39 is 11.9 Å². The molecule has 1 saturated heterocycles. The molecular weight excluding hydrogens is 172 g/mol. The van der Waals surface area contributed by atoms with Crippen LogP contribution in [0.15, 0.2) is 0 Å². The molecule has 0 aromatic rings. The number of nitrogens with two attached hydrogens (primary N) is 1. The van der Waals surface area contributed by atoms with E-state index in [1.54, 1.807) is 4.90 Å². The van der Waals surface area contributed by atoms with Crippen LogP contribution < -0.4 is 5.73 Å². The van der Waals surface area contributed by atoms with E-state index in [0.29, 0.717) is 13.0 Å². The number of hydrogen-bond acceptors (Lipinski definition) is 3. The number of carbonyl (C=O) groups is 2. The Hall–Kier alpha value is -1.10. The molecule has 13 heavy (non-hydrogen) atoms. The highest BCUT2D eigenvalue weighted by molar-refractivity contribution is 5.76. The third kappa shape index (κ3) is 2.18. The summed E-state index contributed by atoms with van der Waals surface area (Å²) in [4.78, 5) is 23.1. The fraction of sp³-hybridized carbons (Fsp3) is 0.750. The average Bonchev–Trinajstić information content (AvgIpc) is 2.32. The van der Waals surface area contributed by atoms with E-state index in [4.69, 9.17) is 10.8 Å². The average molecular weight is 186 g/mol. The SMILES string of the molecule is C[C@@H]1[C@@H](C(=O)O)CCN1CC(N)=O. The molecule has 0 aliphatic carbocycles. The minimum Gasteiger partial charge on any atom is -0.481 e. The van der Waals surface area contributed by atoms with Crippen molar-refractivity contribution >= 4 is 11.9 Å². The van der Waals surface area contributed by atoms with Crippen LogP contribution in [0.2, 0.25) is 0 Å². The van der Waals surface area contributed by atoms with Crippen molar-refractivity contribution in [3.63, 3.8) is 0 Å². The van der Waals surface area contributed by atoms with E-state index in [9.17, 15) is 9.59 Å². The van der Waals surface area contributed by atoms with Crippen molar-refractivity contribution in [3.05, 3.63) is 0 Å². The molecule has 1 heterocycles. The second-order valence-electron chi connectivity index (χ2n) is 3.41. The molecule has 74 valence electrons. The van der Waals surface area contributed by atoms with Crippen LogP contribution in [0.5, 0.6) is 0 Å². The van der Waals surface area contributed by atoms with Crippen molar-refractivity contribution in [2.24, 2.45) is 11.7 Å². The summed E-state index contributed by atoms with van der Waals surface area (Å²) < 4.78 is 0. The zero-order valence-corrected chi connectivity index (χ0v) is 7.56. The van der Waals surface area contributed by atoms with Gasteiger partial charge in [0.05, 0.1) is 12.5 Å². The third-order valence-electron chi connectivity index (χ3n) is 2.56. The van der Waals surface area contributed by atoms with Gasteiger partial charge in [-0.25, -0.2) is 0 Å². The number of primary amides is 1. The summed E-state index contributed by atoms with van der Waals surface area (Å²) >= 11 is 0. The maximum absolute atomic E-state index is 10.7. The molecule has 5 heteroatoms. The maximum Gasteiger partial charge on any atom is 0.308 e. The lowest BCUT2D eigenvalue weighted by atomic mass is 10.0. The lowest BCUT2D eigenvalue weighted by Crippen LogP contribution is -2.38. The molecule has 0 spiro atoms. The van der Waals surface area contributed by atoms with Crippen molar-refractivity contribution in [1.29, 1.82) is 0 Å². The van der Waals surface area contributed by atoms with Crippen LogP contribution in [0.4, 0.5) is 0 Å². The quantitative estimate of drug-likeness (QED) is 0.608. The molecule has 3 N–H and O–H groups in total. The van der Waals surface area contributed by atoms with Crippen molar-refractivity contribution in [3.8, 4) is 0 Å². The van der Waals surface area contributed by atoms with Gasteiger partial charge in [0, 0.05) is 6.04 Å². The topological polar surface area (TPSA) is 83.6 Å². The van der Waals surface area contributed by atoms with Crippen LogP contribution >= 0.6 is 0 Å². The molecule has 0 radical (unpaired) electrons. The van der Waals surface area contributed by atoms with Crippen molar-refractivity contribution in [1.82, 2.24) is 4.90 Å². The number of aliphatic carboxylic acids is 1. The van der Waals surface area contributed by atoms with Crippen LogP contribution in [0.3, 0.4) is 0 Å². The van der Waals surface area contributed by atoms with E-state index in [-0.39, 0.29) is 18.5 Å². The van der Waals surface area contributed by atoms with Gasteiger partial charge in [-0.05, 0) is 19.9 Å². The number of nitrogens with zero attached hydrogens (tertiary/aromatic N) is 1. The smallest absolute Gasteiger partial charge is 0.308 e. The Labute approximate surface area is 76.5 Å². The first-order valence-corrected chi connectivity index (χ1v) is 4.27. The largest absolute Gasteiger partial charge is 0.481 e. The van der Waals surface area contributed by atoms with E-state index >= 15 is 0 Å². The van der Waals surface area contributed by atoms with Gasteiger partial charge in [0.2, 0.25) is 5.91 Å². The summed E-state index contributed by atoms with van der Waals surface area (Å²) in [5.74, 6) is -1.56. The first-order chi connectivity index (χ1) is 6.02. The van der Waals surface area contributed by atoms with Crippen molar-refractivity contribution in [2.75, 3.05) is 13.1 Å². The fourth-order valence-corrected chi connectivity index (χ4v) is 1.76. The number of amides is 1. The summed E-state index contributed by atoms with van der Waals surface area (Å²) in [5, 5.41) is 8.79. The highest BCUT2D eigenvalue weighted by atomic mass is 16.4. The van der Waals surface area contributed by atoms with Gasteiger partial charge in [-0.1, -0.05) is 0 Å². The molecule has 1 aliphatic heterocycles. The lowest BCUT2D eigenvalue weighted by molar-refractivity contribution is -0.142. The van der Waals surface area contributed by atoms with Crippen LogP contribution in [0.1, 0.15) is 13.3 Å². The molecule has 0 bridgehead atoms. The monoisotopic (exact) mass is 186 g/mol. The van der Waals surface area contributed by atoms with Crippen molar-refractivity contribution in [2.45, 2.75) is 19.4 Å². The molecule has 0 aromatic heterocycles. The van der Waals surface area contributed by atoms with E-state index in [1.807, 2.05) is 6.92 Å². The van der Waals surface area contributed by atoms with Crippen LogP contribution in [0, 0.1) is 5.92 Å². The fourth-order valence-electron chi connectivity index (χ4n) is 1.76. The molecule has 1 aliphatic rings. The Morgan fingerprint density at radius 3 is 2.62 bits per heavy atom. The molecule has 2 atom stereocenters. The Morgan fingerprint density at radius 1 is 1.62 bits per heavy atom.